The molecule has 2 aromatic rings. The first-order chi connectivity index (χ1) is 6.70. The van der Waals surface area contributed by atoms with E-state index in [-0.39, 0.29) is 0 Å². The number of nitrogens with zero attached hydrogens (tertiary/aromatic N) is 3. The molecule has 0 saturated carbocycles. The molecule has 0 N–H and O–H groups in total. The van der Waals surface area contributed by atoms with E-state index in [1.165, 1.54) is 4.68 Å². The number of aromatic nitrogens is 3. The van der Waals surface area contributed by atoms with Gasteiger partial charge in [-0.3, -0.25) is 0 Å². The lowest BCUT2D eigenvalue weighted by Crippen LogP contribution is -1.96. The third-order valence-corrected chi connectivity index (χ3v) is 2.97. The van der Waals surface area contributed by atoms with E-state index >= 15 is 0 Å². The highest BCUT2D eigenvalue weighted by Crippen LogP contribution is 2.33. The highest BCUT2D eigenvalue weighted by Gasteiger charge is 2.10. The van der Waals surface area contributed by atoms with E-state index in [0.717, 1.165) is 0 Å². The molecule has 0 fully saturated rings. The third kappa shape index (κ3) is 1.59. The molecule has 0 saturated heterocycles. The zero-order chi connectivity index (χ0) is 10.1. The summed E-state index contributed by atoms with van der Waals surface area (Å²) in [5, 5.41) is 8.57. The monoisotopic (exact) mass is 247 g/mol. The predicted octanol–water partition coefficient (Wildman–Crippen LogP) is 3.23. The quantitative estimate of drug-likeness (QED) is 0.726. The van der Waals surface area contributed by atoms with Gasteiger partial charge in [0.05, 0.1) is 33.1 Å². The molecule has 0 amide bonds. The molecule has 1 aromatic heterocycles. The molecule has 0 radical (unpaired) electrons. The fourth-order valence-electron chi connectivity index (χ4n) is 1.03. The van der Waals surface area contributed by atoms with Crippen LogP contribution in [0.4, 0.5) is 0 Å². The van der Waals surface area contributed by atoms with Crippen LogP contribution in [0.3, 0.4) is 0 Å². The average molecular weight is 248 g/mol. The van der Waals surface area contributed by atoms with Crippen molar-refractivity contribution in [2.24, 2.45) is 0 Å². The Labute approximate surface area is 95.2 Å². The normalized spacial score (nSPS) is 10.5. The maximum Gasteiger partial charge on any atom is 0.0866 e. The van der Waals surface area contributed by atoms with Crippen molar-refractivity contribution in [3.63, 3.8) is 0 Å². The van der Waals surface area contributed by atoms with E-state index in [2.05, 4.69) is 10.3 Å². The Bertz CT molecular complexity index is 453. The maximum atomic E-state index is 5.98. The largest absolute Gasteiger partial charge is 0.219 e. The molecule has 0 atom stereocenters. The molecule has 0 bridgehead atoms. The average Bonchev–Trinajstić information content (AvgIpc) is 2.67. The van der Waals surface area contributed by atoms with E-state index in [0.29, 0.717) is 20.8 Å². The molecule has 1 aromatic carbocycles. The summed E-state index contributed by atoms with van der Waals surface area (Å²) in [6, 6.07) is 3.39. The second kappa shape index (κ2) is 3.77. The van der Waals surface area contributed by atoms with Crippen LogP contribution in [0, 0.1) is 0 Å². The van der Waals surface area contributed by atoms with Crippen molar-refractivity contribution in [1.82, 2.24) is 15.0 Å². The van der Waals surface area contributed by atoms with E-state index in [1.54, 1.807) is 24.5 Å². The van der Waals surface area contributed by atoms with Crippen LogP contribution in [0.2, 0.25) is 15.1 Å². The van der Waals surface area contributed by atoms with Crippen LogP contribution in [0.1, 0.15) is 0 Å². The van der Waals surface area contributed by atoms with Gasteiger partial charge < -0.3 is 0 Å². The van der Waals surface area contributed by atoms with E-state index in [4.69, 9.17) is 34.8 Å². The second-order valence-electron chi connectivity index (χ2n) is 2.54. The number of halogens is 3. The summed E-state index contributed by atoms with van der Waals surface area (Å²) in [4.78, 5) is 0. The Morgan fingerprint density at radius 3 is 2.50 bits per heavy atom. The van der Waals surface area contributed by atoms with Gasteiger partial charge in [0, 0.05) is 0 Å². The Morgan fingerprint density at radius 1 is 1.07 bits per heavy atom. The summed E-state index contributed by atoms with van der Waals surface area (Å²) < 4.78 is 1.52. The SMILES string of the molecule is Clc1ccc(-n2ccnn2)c(Cl)c1Cl. The topological polar surface area (TPSA) is 30.7 Å². The molecule has 72 valence electrons. The summed E-state index contributed by atoms with van der Waals surface area (Å²) in [7, 11) is 0. The van der Waals surface area contributed by atoms with Gasteiger partial charge in [-0.1, -0.05) is 40.0 Å². The lowest BCUT2D eigenvalue weighted by atomic mass is 10.3. The first kappa shape index (κ1) is 9.77. The highest BCUT2D eigenvalue weighted by atomic mass is 35.5. The molecule has 0 unspecified atom stereocenters. The molecular formula is C8H4Cl3N3. The van der Waals surface area contributed by atoms with Crippen LogP contribution < -0.4 is 0 Å². The lowest BCUT2D eigenvalue weighted by Gasteiger charge is -2.05. The Balaban J connectivity index is 2.61. The summed E-state index contributed by atoms with van der Waals surface area (Å²) in [6.45, 7) is 0. The van der Waals surface area contributed by atoms with Gasteiger partial charge in [0.15, 0.2) is 0 Å². The van der Waals surface area contributed by atoms with Crippen LogP contribution in [-0.4, -0.2) is 15.0 Å². The molecule has 6 heteroatoms. The predicted molar refractivity (Wildman–Crippen MR) is 56.4 cm³/mol. The Kier molecular flexibility index (Phi) is 2.63. The minimum atomic E-state index is 0.321. The fraction of sp³-hybridized carbons (Fsp3) is 0. The van der Waals surface area contributed by atoms with Gasteiger partial charge in [0.2, 0.25) is 0 Å². The van der Waals surface area contributed by atoms with E-state index in [1.807, 2.05) is 0 Å². The number of hydrogen-bond acceptors (Lipinski definition) is 2. The fourth-order valence-corrected chi connectivity index (χ4v) is 1.65. The molecule has 0 aliphatic heterocycles. The van der Waals surface area contributed by atoms with Gasteiger partial charge in [-0.2, -0.15) is 0 Å². The first-order valence-electron chi connectivity index (χ1n) is 3.70. The number of benzene rings is 1. The van der Waals surface area contributed by atoms with Crippen LogP contribution in [0.5, 0.6) is 0 Å². The number of rotatable bonds is 1. The summed E-state index contributed by atoms with van der Waals surface area (Å²) in [6.07, 6.45) is 3.23. The molecular weight excluding hydrogens is 244 g/mol. The van der Waals surface area contributed by atoms with Gasteiger partial charge in [-0.05, 0) is 12.1 Å². The van der Waals surface area contributed by atoms with Gasteiger partial charge in [0.1, 0.15) is 0 Å². The zero-order valence-corrected chi connectivity index (χ0v) is 9.05. The standard InChI is InChI=1S/C8H4Cl3N3/c9-5-1-2-6(8(11)7(5)10)14-4-3-12-13-14/h1-4H. The van der Waals surface area contributed by atoms with E-state index in [9.17, 15) is 0 Å². The lowest BCUT2D eigenvalue weighted by molar-refractivity contribution is 0.803. The van der Waals surface area contributed by atoms with Crippen molar-refractivity contribution in [3.8, 4) is 5.69 Å². The number of hydrogen-bond donors (Lipinski definition) is 0. The van der Waals surface area contributed by atoms with Crippen molar-refractivity contribution in [2.75, 3.05) is 0 Å². The van der Waals surface area contributed by atoms with Crippen LogP contribution in [-0.2, 0) is 0 Å². The second-order valence-corrected chi connectivity index (χ2v) is 3.71. The first-order valence-corrected chi connectivity index (χ1v) is 4.83. The highest BCUT2D eigenvalue weighted by molar-refractivity contribution is 6.48. The van der Waals surface area contributed by atoms with Crippen LogP contribution in [0.15, 0.2) is 24.5 Å². The zero-order valence-electron chi connectivity index (χ0n) is 6.78. The Hall–Kier alpha value is -0.770. The molecule has 1 heterocycles. The van der Waals surface area contributed by atoms with Gasteiger partial charge in [0.25, 0.3) is 0 Å². The molecule has 14 heavy (non-hydrogen) atoms. The molecule has 2 rings (SSSR count). The van der Waals surface area contributed by atoms with Gasteiger partial charge >= 0.3 is 0 Å². The minimum Gasteiger partial charge on any atom is -0.219 e. The van der Waals surface area contributed by atoms with E-state index < -0.39 is 0 Å². The Morgan fingerprint density at radius 2 is 1.86 bits per heavy atom. The van der Waals surface area contributed by atoms with Crippen molar-refractivity contribution < 1.29 is 0 Å². The van der Waals surface area contributed by atoms with Crippen molar-refractivity contribution in [1.29, 1.82) is 0 Å². The van der Waals surface area contributed by atoms with Crippen molar-refractivity contribution in [3.05, 3.63) is 39.6 Å². The minimum absolute atomic E-state index is 0.321. The molecule has 0 aliphatic carbocycles. The summed E-state index contributed by atoms with van der Waals surface area (Å²) in [5.74, 6) is 0. The van der Waals surface area contributed by atoms with Gasteiger partial charge in [-0.15, -0.1) is 5.10 Å². The summed E-state index contributed by atoms with van der Waals surface area (Å²) in [5.41, 5.74) is 0.651. The summed E-state index contributed by atoms with van der Waals surface area (Å²) >= 11 is 17.6. The van der Waals surface area contributed by atoms with Crippen molar-refractivity contribution >= 4 is 34.8 Å². The maximum absolute atomic E-state index is 5.98. The van der Waals surface area contributed by atoms with Crippen molar-refractivity contribution in [2.45, 2.75) is 0 Å². The van der Waals surface area contributed by atoms with Gasteiger partial charge in [-0.25, -0.2) is 4.68 Å². The van der Waals surface area contributed by atoms with Crippen LogP contribution >= 0.6 is 34.8 Å². The van der Waals surface area contributed by atoms with Crippen LogP contribution in [0.25, 0.3) is 5.69 Å². The molecule has 3 nitrogen and oxygen atoms in total. The smallest absolute Gasteiger partial charge is 0.0866 e. The molecule has 0 spiro atoms. The molecule has 0 aliphatic rings. The third-order valence-electron chi connectivity index (χ3n) is 1.68.